The lowest BCUT2D eigenvalue weighted by Crippen LogP contribution is -2.53. The predicted octanol–water partition coefficient (Wildman–Crippen LogP) is 0.243. The number of carbonyl (C=O) groups is 2. The zero-order chi connectivity index (χ0) is 14.6. The van der Waals surface area contributed by atoms with Gasteiger partial charge in [0.2, 0.25) is 11.8 Å². The summed E-state index contributed by atoms with van der Waals surface area (Å²) in [6.45, 7) is 3.12. The molecule has 0 atom stereocenters. The van der Waals surface area contributed by atoms with E-state index in [9.17, 15) is 9.59 Å². The molecular formula is C13H17N3O2S. The summed E-state index contributed by atoms with van der Waals surface area (Å²) < 4.78 is 0. The minimum atomic E-state index is -1.06. The first-order chi connectivity index (χ1) is 8.72. The van der Waals surface area contributed by atoms with Gasteiger partial charge in [-0.25, -0.2) is 0 Å². The Hall–Kier alpha value is -1.95. The van der Waals surface area contributed by atoms with Crippen LogP contribution in [0.5, 0.6) is 0 Å². The van der Waals surface area contributed by atoms with E-state index in [1.807, 2.05) is 0 Å². The van der Waals surface area contributed by atoms with Crippen LogP contribution in [0.1, 0.15) is 25.0 Å². The van der Waals surface area contributed by atoms with Gasteiger partial charge in [-0.15, -0.1) is 0 Å². The molecule has 0 saturated heterocycles. The van der Waals surface area contributed by atoms with E-state index in [1.54, 1.807) is 38.1 Å². The molecule has 1 aromatic carbocycles. The molecule has 1 rings (SSSR count). The molecule has 0 radical (unpaired) electrons. The van der Waals surface area contributed by atoms with E-state index in [0.29, 0.717) is 4.99 Å². The molecule has 0 aliphatic carbocycles. The van der Waals surface area contributed by atoms with Crippen LogP contribution in [0.25, 0.3) is 0 Å². The Morgan fingerprint density at radius 2 is 1.74 bits per heavy atom. The lowest BCUT2D eigenvalue weighted by atomic mass is 10.0. The molecule has 0 spiro atoms. The molecule has 0 aliphatic heterocycles. The number of nitrogens with one attached hydrogen (secondary N) is 1. The molecule has 2 amide bonds. The second kappa shape index (κ2) is 5.79. The van der Waals surface area contributed by atoms with Crippen LogP contribution in [0.4, 0.5) is 0 Å². The fraction of sp³-hybridized carbons (Fsp3) is 0.308. The highest BCUT2D eigenvalue weighted by molar-refractivity contribution is 7.80. The van der Waals surface area contributed by atoms with Gasteiger partial charge in [0.25, 0.3) is 0 Å². The van der Waals surface area contributed by atoms with E-state index in [1.165, 1.54) is 0 Å². The number of rotatable bonds is 5. The van der Waals surface area contributed by atoms with Gasteiger partial charge >= 0.3 is 0 Å². The van der Waals surface area contributed by atoms with Crippen LogP contribution in [0, 0.1) is 0 Å². The van der Waals surface area contributed by atoms with Gasteiger partial charge in [-0.3, -0.25) is 9.59 Å². The number of benzene rings is 1. The van der Waals surface area contributed by atoms with Crippen LogP contribution in [-0.2, 0) is 16.0 Å². The molecule has 0 bridgehead atoms. The fourth-order valence-electron chi connectivity index (χ4n) is 1.43. The summed E-state index contributed by atoms with van der Waals surface area (Å²) >= 11 is 4.84. The number of carbonyl (C=O) groups excluding carboxylic acids is 2. The molecule has 0 aliphatic rings. The first-order valence-electron chi connectivity index (χ1n) is 5.72. The summed E-state index contributed by atoms with van der Waals surface area (Å²) in [6, 6.07) is 7.05. The van der Waals surface area contributed by atoms with Crippen molar-refractivity contribution in [1.29, 1.82) is 0 Å². The number of hydrogen-bond donors (Lipinski definition) is 3. The summed E-state index contributed by atoms with van der Waals surface area (Å²) in [6.07, 6.45) is 0.161. The Bertz CT molecular complexity index is 509. The first kappa shape index (κ1) is 15.1. The van der Waals surface area contributed by atoms with Crippen molar-refractivity contribution in [3.05, 3.63) is 35.4 Å². The third-order valence-electron chi connectivity index (χ3n) is 2.67. The van der Waals surface area contributed by atoms with E-state index in [0.717, 1.165) is 11.1 Å². The molecule has 5 nitrogen and oxygen atoms in total. The Morgan fingerprint density at radius 3 is 2.16 bits per heavy atom. The monoisotopic (exact) mass is 279 g/mol. The van der Waals surface area contributed by atoms with E-state index < -0.39 is 11.4 Å². The predicted molar refractivity (Wildman–Crippen MR) is 77.4 cm³/mol. The molecule has 1 aromatic rings. The van der Waals surface area contributed by atoms with E-state index >= 15 is 0 Å². The van der Waals surface area contributed by atoms with Crippen LogP contribution in [0.2, 0.25) is 0 Å². The van der Waals surface area contributed by atoms with Crippen LogP contribution in [-0.4, -0.2) is 22.3 Å². The van der Waals surface area contributed by atoms with Crippen molar-refractivity contribution < 1.29 is 9.59 Å². The highest BCUT2D eigenvalue weighted by atomic mass is 32.1. The summed E-state index contributed by atoms with van der Waals surface area (Å²) in [5.41, 5.74) is 11.2. The molecular weight excluding hydrogens is 262 g/mol. The Morgan fingerprint density at radius 1 is 1.21 bits per heavy atom. The normalized spacial score (nSPS) is 10.8. The lowest BCUT2D eigenvalue weighted by Gasteiger charge is -2.22. The zero-order valence-corrected chi connectivity index (χ0v) is 11.7. The third kappa shape index (κ3) is 4.33. The van der Waals surface area contributed by atoms with Crippen molar-refractivity contribution >= 4 is 29.0 Å². The second-order valence-electron chi connectivity index (χ2n) is 4.78. The van der Waals surface area contributed by atoms with Crippen molar-refractivity contribution in [3.63, 3.8) is 0 Å². The molecule has 102 valence electrons. The Balaban J connectivity index is 2.67. The number of thiocarbonyl (C=S) groups is 1. The Kier molecular flexibility index (Phi) is 4.61. The number of nitrogens with two attached hydrogens (primary N) is 2. The van der Waals surface area contributed by atoms with Crippen LogP contribution in [0.15, 0.2) is 24.3 Å². The van der Waals surface area contributed by atoms with Crippen molar-refractivity contribution in [2.24, 2.45) is 11.5 Å². The molecule has 0 aromatic heterocycles. The summed E-state index contributed by atoms with van der Waals surface area (Å²) in [4.78, 5) is 23.2. The number of hydrogen-bond acceptors (Lipinski definition) is 3. The number of primary amides is 1. The van der Waals surface area contributed by atoms with E-state index in [4.69, 9.17) is 23.7 Å². The molecule has 5 N–H and O–H groups in total. The maximum absolute atomic E-state index is 11.8. The van der Waals surface area contributed by atoms with Gasteiger partial charge in [-0.2, -0.15) is 0 Å². The fourth-order valence-corrected chi connectivity index (χ4v) is 1.56. The van der Waals surface area contributed by atoms with Crippen molar-refractivity contribution in [1.82, 2.24) is 5.32 Å². The number of amides is 2. The quantitative estimate of drug-likeness (QED) is 0.673. The van der Waals surface area contributed by atoms with Gasteiger partial charge in [0, 0.05) is 5.56 Å². The summed E-state index contributed by atoms with van der Waals surface area (Å²) in [5.74, 6) is -0.850. The highest BCUT2D eigenvalue weighted by Gasteiger charge is 2.26. The smallest absolute Gasteiger partial charge is 0.242 e. The maximum Gasteiger partial charge on any atom is 0.242 e. The second-order valence-corrected chi connectivity index (χ2v) is 5.22. The highest BCUT2D eigenvalue weighted by Crippen LogP contribution is 2.07. The van der Waals surface area contributed by atoms with Gasteiger partial charge in [0.15, 0.2) is 0 Å². The van der Waals surface area contributed by atoms with Crippen molar-refractivity contribution in [2.75, 3.05) is 0 Å². The van der Waals surface area contributed by atoms with Gasteiger partial charge in [-0.1, -0.05) is 36.5 Å². The minimum Gasteiger partial charge on any atom is -0.389 e. The third-order valence-corrected chi connectivity index (χ3v) is 2.91. The summed E-state index contributed by atoms with van der Waals surface area (Å²) in [5, 5.41) is 2.58. The Labute approximate surface area is 117 Å². The zero-order valence-electron chi connectivity index (χ0n) is 10.9. The largest absolute Gasteiger partial charge is 0.389 e. The van der Waals surface area contributed by atoms with Gasteiger partial charge in [0.05, 0.1) is 6.42 Å². The van der Waals surface area contributed by atoms with Gasteiger partial charge < -0.3 is 16.8 Å². The summed E-state index contributed by atoms with van der Waals surface area (Å²) in [7, 11) is 0. The lowest BCUT2D eigenvalue weighted by molar-refractivity contribution is -0.130. The van der Waals surface area contributed by atoms with Gasteiger partial charge in [0.1, 0.15) is 10.5 Å². The van der Waals surface area contributed by atoms with E-state index in [2.05, 4.69) is 5.32 Å². The molecule has 0 heterocycles. The van der Waals surface area contributed by atoms with Gasteiger partial charge in [-0.05, 0) is 19.4 Å². The molecule has 6 heteroatoms. The standard InChI is InChI=1S/C13H17N3O2S/c1-13(2,12(15)18)16-10(17)7-8-3-5-9(6-4-8)11(14)19/h3-6H,7H2,1-2H3,(H2,14,19)(H2,15,18)(H,16,17). The topological polar surface area (TPSA) is 98.2 Å². The minimum absolute atomic E-state index is 0.161. The average Bonchev–Trinajstić information content (AvgIpc) is 2.28. The molecule has 0 saturated carbocycles. The molecule has 19 heavy (non-hydrogen) atoms. The average molecular weight is 279 g/mol. The SMILES string of the molecule is CC(C)(NC(=O)Cc1ccc(C(N)=S)cc1)C(N)=O. The first-order valence-corrected chi connectivity index (χ1v) is 6.13. The van der Waals surface area contributed by atoms with Crippen LogP contribution < -0.4 is 16.8 Å². The van der Waals surface area contributed by atoms with Crippen LogP contribution in [0.3, 0.4) is 0 Å². The van der Waals surface area contributed by atoms with Crippen LogP contribution >= 0.6 is 12.2 Å². The maximum atomic E-state index is 11.8. The molecule has 0 unspecified atom stereocenters. The van der Waals surface area contributed by atoms with Crippen molar-refractivity contribution in [2.45, 2.75) is 25.8 Å². The van der Waals surface area contributed by atoms with E-state index in [-0.39, 0.29) is 12.3 Å². The van der Waals surface area contributed by atoms with Crippen molar-refractivity contribution in [3.8, 4) is 0 Å². The molecule has 0 fully saturated rings.